The summed E-state index contributed by atoms with van der Waals surface area (Å²) in [7, 11) is 0. The van der Waals surface area contributed by atoms with Gasteiger partial charge in [-0.05, 0) is 26.7 Å². The topological polar surface area (TPSA) is 34.9 Å². The summed E-state index contributed by atoms with van der Waals surface area (Å²) >= 11 is 5.70. The van der Waals surface area contributed by atoms with E-state index >= 15 is 0 Å². The highest BCUT2D eigenvalue weighted by molar-refractivity contribution is 7.80. The Hall–Kier alpha value is -1.27. The van der Waals surface area contributed by atoms with Crippen molar-refractivity contribution in [1.29, 1.82) is 0 Å². The van der Waals surface area contributed by atoms with Crippen LogP contribution in [-0.2, 0) is 9.47 Å². The molecule has 1 saturated heterocycles. The summed E-state index contributed by atoms with van der Waals surface area (Å²) in [4.78, 5) is 2.29. The van der Waals surface area contributed by atoms with Gasteiger partial charge in [-0.2, -0.15) is 0 Å². The summed E-state index contributed by atoms with van der Waals surface area (Å²) in [6, 6.07) is 10.6. The first-order valence-corrected chi connectivity index (χ1v) is 9.64. The van der Waals surface area contributed by atoms with Crippen molar-refractivity contribution in [2.75, 3.05) is 19.8 Å². The van der Waals surface area contributed by atoms with Gasteiger partial charge in [0.25, 0.3) is 0 Å². The normalized spacial score (nSPS) is 31.6. The Balaban J connectivity index is 1.72. The molecule has 1 aromatic carbocycles. The lowest BCUT2D eigenvalue weighted by molar-refractivity contribution is -0.903. The first-order valence-electron chi connectivity index (χ1n) is 9.23. The van der Waals surface area contributed by atoms with E-state index in [1.165, 1.54) is 28.2 Å². The molecule has 1 fully saturated rings. The van der Waals surface area contributed by atoms with Crippen LogP contribution in [0.25, 0.3) is 0 Å². The third kappa shape index (κ3) is 3.51. The minimum Gasteiger partial charge on any atom is -0.372 e. The molecule has 0 aromatic heterocycles. The number of rotatable bonds is 3. The van der Waals surface area contributed by atoms with Gasteiger partial charge in [-0.1, -0.05) is 42.5 Å². The van der Waals surface area contributed by atoms with Crippen molar-refractivity contribution in [3.8, 4) is 0 Å². The van der Waals surface area contributed by atoms with Crippen LogP contribution in [0.2, 0.25) is 0 Å². The Morgan fingerprint density at radius 2 is 2.08 bits per heavy atom. The van der Waals surface area contributed by atoms with Crippen molar-refractivity contribution in [2.24, 2.45) is 0 Å². The summed E-state index contributed by atoms with van der Waals surface area (Å²) in [5.74, 6) is 0. The van der Waals surface area contributed by atoms with Gasteiger partial charge >= 0.3 is 0 Å². The third-order valence-electron chi connectivity index (χ3n) is 5.46. The first kappa shape index (κ1) is 17.2. The molecule has 2 N–H and O–H groups in total. The van der Waals surface area contributed by atoms with E-state index in [4.69, 9.17) is 21.7 Å². The summed E-state index contributed by atoms with van der Waals surface area (Å²) in [5.41, 5.74) is 3.71. The van der Waals surface area contributed by atoms with Crippen LogP contribution in [-0.4, -0.2) is 36.5 Å². The molecule has 134 valence electrons. The van der Waals surface area contributed by atoms with Gasteiger partial charge in [0.1, 0.15) is 23.3 Å². The van der Waals surface area contributed by atoms with Crippen molar-refractivity contribution in [3.05, 3.63) is 47.2 Å². The van der Waals surface area contributed by atoms with Crippen LogP contribution in [0.1, 0.15) is 44.8 Å². The zero-order valence-electron chi connectivity index (χ0n) is 15.0. The second-order valence-electron chi connectivity index (χ2n) is 7.86. The number of nitrogens with one attached hydrogen (secondary N) is 2. The molecule has 0 aliphatic carbocycles. The fraction of sp³-hybridized carbons (Fsp3) is 0.550. The van der Waals surface area contributed by atoms with E-state index in [2.05, 4.69) is 49.5 Å². The lowest BCUT2D eigenvalue weighted by atomic mass is 9.92. The zero-order chi connectivity index (χ0) is 17.4. The molecule has 3 atom stereocenters. The molecule has 3 heterocycles. The van der Waals surface area contributed by atoms with Gasteiger partial charge in [0, 0.05) is 12.2 Å². The maximum atomic E-state index is 6.03. The molecule has 3 aliphatic heterocycles. The van der Waals surface area contributed by atoms with Crippen molar-refractivity contribution in [2.45, 2.75) is 51.0 Å². The molecule has 0 saturated carbocycles. The Kier molecular flexibility index (Phi) is 4.67. The van der Waals surface area contributed by atoms with Gasteiger partial charge in [-0.25, -0.2) is 0 Å². The maximum absolute atomic E-state index is 6.03. The van der Waals surface area contributed by atoms with Gasteiger partial charge < -0.3 is 14.8 Å². The second-order valence-corrected chi connectivity index (χ2v) is 8.27. The standard InChI is InChI=1S/C20H26N2O2S/c1-20(2)11-17-16(13-24-20)19(25)21-18(14-7-4-3-5-8-14)22(17)12-15-9-6-10-23-15/h3-5,7-8,15,18H,6,9-13H2,1-2H3,(H,21,25)/p+1/t15-,18+/m0/s1. The van der Waals surface area contributed by atoms with Crippen molar-refractivity contribution >= 4 is 17.2 Å². The largest absolute Gasteiger partial charge is 0.372 e. The highest BCUT2D eigenvalue weighted by Crippen LogP contribution is 2.29. The number of benzene rings is 1. The van der Waals surface area contributed by atoms with E-state index < -0.39 is 0 Å². The lowest BCUT2D eigenvalue weighted by Crippen LogP contribution is -3.15. The van der Waals surface area contributed by atoms with Crippen molar-refractivity contribution < 1.29 is 14.4 Å². The van der Waals surface area contributed by atoms with Crippen molar-refractivity contribution in [1.82, 2.24) is 5.32 Å². The van der Waals surface area contributed by atoms with Crippen LogP contribution >= 0.6 is 12.2 Å². The van der Waals surface area contributed by atoms with Crippen LogP contribution in [0, 0.1) is 0 Å². The van der Waals surface area contributed by atoms with E-state index in [9.17, 15) is 0 Å². The predicted molar refractivity (Wildman–Crippen MR) is 101 cm³/mol. The minimum absolute atomic E-state index is 0.144. The Labute approximate surface area is 155 Å². The molecule has 0 bridgehead atoms. The lowest BCUT2D eigenvalue weighted by Gasteiger charge is -2.43. The molecule has 4 rings (SSSR count). The van der Waals surface area contributed by atoms with Crippen LogP contribution in [0.15, 0.2) is 41.6 Å². The Morgan fingerprint density at radius 1 is 1.28 bits per heavy atom. The average molecular weight is 360 g/mol. The van der Waals surface area contributed by atoms with Gasteiger partial charge in [0.2, 0.25) is 0 Å². The van der Waals surface area contributed by atoms with E-state index in [1.807, 2.05) is 0 Å². The highest BCUT2D eigenvalue weighted by Gasteiger charge is 2.43. The van der Waals surface area contributed by atoms with E-state index in [1.54, 1.807) is 0 Å². The molecule has 1 aromatic rings. The number of quaternary nitrogens is 1. The Bertz CT molecular complexity index is 680. The number of hydrogen-bond donors (Lipinski definition) is 2. The molecule has 3 aliphatic rings. The second kappa shape index (κ2) is 6.80. The smallest absolute Gasteiger partial charge is 0.192 e. The van der Waals surface area contributed by atoms with Crippen LogP contribution < -0.4 is 10.2 Å². The first-order chi connectivity index (χ1) is 12.0. The van der Waals surface area contributed by atoms with Crippen LogP contribution in [0.3, 0.4) is 0 Å². The summed E-state index contributed by atoms with van der Waals surface area (Å²) in [5, 5.41) is 3.58. The summed E-state index contributed by atoms with van der Waals surface area (Å²) < 4.78 is 12.0. The zero-order valence-corrected chi connectivity index (χ0v) is 15.8. The fourth-order valence-corrected chi connectivity index (χ4v) is 4.45. The predicted octanol–water partition coefficient (Wildman–Crippen LogP) is 2.13. The third-order valence-corrected chi connectivity index (χ3v) is 5.83. The molecule has 0 spiro atoms. The molecule has 0 amide bonds. The van der Waals surface area contributed by atoms with Crippen LogP contribution in [0.4, 0.5) is 0 Å². The van der Waals surface area contributed by atoms with E-state index in [0.717, 1.165) is 31.0 Å². The van der Waals surface area contributed by atoms with Crippen molar-refractivity contribution in [3.63, 3.8) is 0 Å². The fourth-order valence-electron chi connectivity index (χ4n) is 4.15. The molecule has 5 heteroatoms. The van der Waals surface area contributed by atoms with Gasteiger partial charge in [-0.15, -0.1) is 0 Å². The molecule has 0 radical (unpaired) electrons. The molecular formula is C20H27N2O2S+. The quantitative estimate of drug-likeness (QED) is 0.811. The minimum atomic E-state index is -0.144. The SMILES string of the molecule is CC1(C)CC2=C(CO1)C(=S)N[C@@H](c1ccccc1)[NH+]2C[C@@H]1CCCO1. The van der Waals surface area contributed by atoms with E-state index in [0.29, 0.717) is 12.7 Å². The van der Waals surface area contributed by atoms with Gasteiger partial charge in [-0.3, -0.25) is 4.90 Å². The average Bonchev–Trinajstić information content (AvgIpc) is 3.10. The molecule has 1 unspecified atom stereocenters. The monoisotopic (exact) mass is 359 g/mol. The molecular weight excluding hydrogens is 332 g/mol. The molecule has 4 nitrogen and oxygen atoms in total. The number of hydrogen-bond acceptors (Lipinski definition) is 3. The Morgan fingerprint density at radius 3 is 2.80 bits per heavy atom. The van der Waals surface area contributed by atoms with Gasteiger partial charge in [0.05, 0.1) is 24.2 Å². The summed E-state index contributed by atoms with van der Waals surface area (Å²) in [6.07, 6.45) is 3.70. The highest BCUT2D eigenvalue weighted by atomic mass is 32.1. The molecule has 25 heavy (non-hydrogen) atoms. The van der Waals surface area contributed by atoms with Gasteiger partial charge in [0.15, 0.2) is 6.17 Å². The summed E-state index contributed by atoms with van der Waals surface area (Å²) in [6.45, 7) is 6.81. The maximum Gasteiger partial charge on any atom is 0.192 e. The van der Waals surface area contributed by atoms with E-state index in [-0.39, 0.29) is 11.8 Å². The number of ether oxygens (including phenoxy) is 2. The number of thiocarbonyl (C=S) groups is 1. The van der Waals surface area contributed by atoms with Crippen LogP contribution in [0.5, 0.6) is 0 Å².